The van der Waals surface area contributed by atoms with Gasteiger partial charge in [0.1, 0.15) is 0 Å². The highest BCUT2D eigenvalue weighted by Gasteiger charge is 2.18. The highest BCUT2D eigenvalue weighted by Crippen LogP contribution is 2.34. The molecule has 0 saturated heterocycles. The molecule has 0 saturated carbocycles. The van der Waals surface area contributed by atoms with Gasteiger partial charge in [0.25, 0.3) is 5.69 Å². The third-order valence-electron chi connectivity index (χ3n) is 2.08. The van der Waals surface area contributed by atoms with Gasteiger partial charge < -0.3 is 0 Å². The molecule has 0 radical (unpaired) electrons. The normalized spacial score (nSPS) is 10.7. The average molecular weight is 319 g/mol. The topological polar surface area (TPSA) is 43.1 Å². The predicted molar refractivity (Wildman–Crippen MR) is 65.9 cm³/mol. The number of halogens is 1. The van der Waals surface area contributed by atoms with Crippen LogP contribution >= 0.6 is 33.9 Å². The minimum atomic E-state index is -0.309. The van der Waals surface area contributed by atoms with E-state index in [1.54, 1.807) is 18.3 Å². The lowest BCUT2D eigenvalue weighted by Gasteiger charge is -2.00. The van der Waals surface area contributed by atoms with Gasteiger partial charge in [-0.1, -0.05) is 0 Å². The second-order valence-corrected chi connectivity index (χ2v) is 5.01. The monoisotopic (exact) mass is 319 g/mol. The fourth-order valence-corrected chi connectivity index (χ4v) is 3.28. The van der Waals surface area contributed by atoms with Gasteiger partial charge in [-0.3, -0.25) is 10.1 Å². The number of aryl methyl sites for hydroxylation is 1. The van der Waals surface area contributed by atoms with E-state index < -0.39 is 0 Å². The van der Waals surface area contributed by atoms with Gasteiger partial charge in [-0.2, -0.15) is 0 Å². The first-order valence-electron chi connectivity index (χ1n) is 3.92. The van der Waals surface area contributed by atoms with Gasteiger partial charge in [0.05, 0.1) is 8.49 Å². The van der Waals surface area contributed by atoms with Gasteiger partial charge >= 0.3 is 0 Å². The van der Waals surface area contributed by atoms with E-state index in [0.29, 0.717) is 3.57 Å². The SMILES string of the molecule is Cc1c([N+](=O)[O-])c(I)cc2ccsc12. The van der Waals surface area contributed by atoms with Crippen LogP contribution in [0.1, 0.15) is 5.56 Å². The minimum absolute atomic E-state index is 0.237. The average Bonchev–Trinajstić information content (AvgIpc) is 2.50. The van der Waals surface area contributed by atoms with Crippen LogP contribution in [-0.4, -0.2) is 4.92 Å². The largest absolute Gasteiger partial charge is 0.286 e. The van der Waals surface area contributed by atoms with Crippen LogP contribution in [0.5, 0.6) is 0 Å². The molecule has 5 heteroatoms. The van der Waals surface area contributed by atoms with E-state index in [0.717, 1.165) is 15.6 Å². The summed E-state index contributed by atoms with van der Waals surface area (Å²) < 4.78 is 1.72. The zero-order valence-electron chi connectivity index (χ0n) is 7.28. The molecule has 1 aromatic heterocycles. The summed E-state index contributed by atoms with van der Waals surface area (Å²) in [6, 6.07) is 3.84. The first kappa shape index (κ1) is 9.85. The van der Waals surface area contributed by atoms with Crippen molar-refractivity contribution in [1.29, 1.82) is 0 Å². The fourth-order valence-electron chi connectivity index (χ4n) is 1.45. The minimum Gasteiger partial charge on any atom is -0.258 e. The quantitative estimate of drug-likeness (QED) is 0.457. The molecular formula is C9H6INO2S. The third kappa shape index (κ3) is 1.40. The van der Waals surface area contributed by atoms with Crippen molar-refractivity contribution in [2.45, 2.75) is 6.92 Å². The molecule has 0 fully saturated rings. The van der Waals surface area contributed by atoms with Gasteiger partial charge in [0, 0.05) is 10.3 Å². The van der Waals surface area contributed by atoms with Crippen molar-refractivity contribution in [3.63, 3.8) is 0 Å². The molecule has 0 aliphatic carbocycles. The van der Waals surface area contributed by atoms with Crippen LogP contribution in [0, 0.1) is 20.6 Å². The predicted octanol–water partition coefficient (Wildman–Crippen LogP) is 3.72. The number of hydrogen-bond donors (Lipinski definition) is 0. The van der Waals surface area contributed by atoms with Crippen molar-refractivity contribution in [2.75, 3.05) is 0 Å². The molecule has 0 N–H and O–H groups in total. The zero-order chi connectivity index (χ0) is 10.3. The molecule has 0 aliphatic heterocycles. The van der Waals surface area contributed by atoms with Crippen molar-refractivity contribution in [2.24, 2.45) is 0 Å². The number of nitro benzene ring substituents is 1. The Morgan fingerprint density at radius 1 is 1.57 bits per heavy atom. The van der Waals surface area contributed by atoms with Crippen molar-refractivity contribution in [3.05, 3.63) is 36.8 Å². The molecule has 1 heterocycles. The molecule has 72 valence electrons. The molecule has 2 rings (SSSR count). The molecule has 0 aliphatic rings. The van der Waals surface area contributed by atoms with Crippen LogP contribution in [0.3, 0.4) is 0 Å². The first-order chi connectivity index (χ1) is 6.61. The number of benzene rings is 1. The number of nitrogens with zero attached hydrogens (tertiary/aromatic N) is 1. The van der Waals surface area contributed by atoms with Gasteiger partial charge in [0.2, 0.25) is 0 Å². The van der Waals surface area contributed by atoms with Gasteiger partial charge in [-0.25, -0.2) is 0 Å². The van der Waals surface area contributed by atoms with Crippen molar-refractivity contribution >= 4 is 49.7 Å². The van der Waals surface area contributed by atoms with Gasteiger partial charge in [-0.05, 0) is 52.4 Å². The summed E-state index contributed by atoms with van der Waals surface area (Å²) in [5.74, 6) is 0. The molecule has 0 bridgehead atoms. The molecule has 14 heavy (non-hydrogen) atoms. The maximum Gasteiger partial charge on any atom is 0.286 e. The summed E-state index contributed by atoms with van der Waals surface area (Å²) in [6.45, 7) is 1.80. The van der Waals surface area contributed by atoms with E-state index >= 15 is 0 Å². The Morgan fingerprint density at radius 2 is 2.29 bits per heavy atom. The molecule has 0 spiro atoms. The Labute approximate surface area is 98.0 Å². The lowest BCUT2D eigenvalue weighted by Crippen LogP contribution is -1.94. The van der Waals surface area contributed by atoms with E-state index in [-0.39, 0.29) is 10.6 Å². The van der Waals surface area contributed by atoms with Gasteiger partial charge in [0.15, 0.2) is 0 Å². The number of thiophene rings is 1. The second-order valence-electron chi connectivity index (χ2n) is 2.93. The number of fused-ring (bicyclic) bond motifs is 1. The number of hydrogen-bond acceptors (Lipinski definition) is 3. The molecular weight excluding hydrogens is 313 g/mol. The summed E-state index contributed by atoms with van der Waals surface area (Å²) in [6.07, 6.45) is 0. The van der Waals surface area contributed by atoms with Crippen LogP contribution in [0.15, 0.2) is 17.5 Å². The standard InChI is InChI=1S/C9H6INO2S/c1-5-8(11(12)13)7(10)4-6-2-3-14-9(5)6/h2-4H,1H3. The number of rotatable bonds is 1. The van der Waals surface area contributed by atoms with Crippen LogP contribution in [-0.2, 0) is 0 Å². The van der Waals surface area contributed by atoms with Crippen molar-refractivity contribution < 1.29 is 4.92 Å². The second kappa shape index (κ2) is 3.47. The lowest BCUT2D eigenvalue weighted by molar-refractivity contribution is -0.386. The molecule has 0 unspecified atom stereocenters. The molecule has 3 nitrogen and oxygen atoms in total. The van der Waals surface area contributed by atoms with Crippen molar-refractivity contribution in [3.8, 4) is 0 Å². The number of nitro groups is 1. The van der Waals surface area contributed by atoms with Crippen LogP contribution in [0.2, 0.25) is 0 Å². The van der Waals surface area contributed by atoms with E-state index in [1.165, 1.54) is 0 Å². The summed E-state index contributed by atoms with van der Waals surface area (Å²) in [7, 11) is 0. The Kier molecular flexibility index (Phi) is 2.44. The fraction of sp³-hybridized carbons (Fsp3) is 0.111. The highest BCUT2D eigenvalue weighted by molar-refractivity contribution is 14.1. The van der Waals surface area contributed by atoms with E-state index in [9.17, 15) is 10.1 Å². The van der Waals surface area contributed by atoms with E-state index in [1.807, 2.05) is 40.1 Å². The molecule has 1 aromatic carbocycles. The third-order valence-corrected chi connectivity index (χ3v) is 3.95. The maximum atomic E-state index is 10.8. The summed E-state index contributed by atoms with van der Waals surface area (Å²) in [5.41, 5.74) is 1.01. The molecule has 0 amide bonds. The zero-order valence-corrected chi connectivity index (χ0v) is 10.3. The van der Waals surface area contributed by atoms with Crippen molar-refractivity contribution in [1.82, 2.24) is 0 Å². The Morgan fingerprint density at radius 3 is 2.93 bits per heavy atom. The lowest BCUT2D eigenvalue weighted by atomic mass is 10.1. The smallest absolute Gasteiger partial charge is 0.258 e. The Hall–Kier alpha value is -0.690. The summed E-state index contributed by atoms with van der Waals surface area (Å²) in [4.78, 5) is 10.5. The molecule has 0 atom stereocenters. The Balaban J connectivity index is 2.89. The maximum absolute atomic E-state index is 10.8. The molecule has 2 aromatic rings. The van der Waals surface area contributed by atoms with E-state index in [2.05, 4.69) is 0 Å². The Bertz CT molecular complexity index is 521. The van der Waals surface area contributed by atoms with E-state index in [4.69, 9.17) is 0 Å². The summed E-state index contributed by atoms with van der Waals surface area (Å²) >= 11 is 3.56. The first-order valence-corrected chi connectivity index (χ1v) is 5.88. The van der Waals surface area contributed by atoms with Crippen LogP contribution in [0.25, 0.3) is 10.1 Å². The van der Waals surface area contributed by atoms with Crippen LogP contribution < -0.4 is 0 Å². The van der Waals surface area contributed by atoms with Gasteiger partial charge in [-0.15, -0.1) is 11.3 Å². The highest BCUT2D eigenvalue weighted by atomic mass is 127. The summed E-state index contributed by atoms with van der Waals surface area (Å²) in [5, 5.41) is 13.9. The van der Waals surface area contributed by atoms with Crippen LogP contribution in [0.4, 0.5) is 5.69 Å².